The first-order chi connectivity index (χ1) is 15.5. The SMILES string of the molecule is Cc1cc2c(NC3(C)CC3)nc(C(=O)N3CCc4c(ncnc4OCC4CC4)C3)nc2o1. The Labute approximate surface area is 185 Å². The number of anilines is 1. The number of ether oxygens (including phenoxy) is 1. The zero-order chi connectivity index (χ0) is 21.9. The van der Waals surface area contributed by atoms with Crippen molar-refractivity contribution in [3.63, 3.8) is 0 Å². The van der Waals surface area contributed by atoms with E-state index in [2.05, 4.69) is 32.2 Å². The van der Waals surface area contributed by atoms with Gasteiger partial charge in [-0.05, 0) is 57.9 Å². The number of hydrogen-bond donors (Lipinski definition) is 1. The highest BCUT2D eigenvalue weighted by molar-refractivity contribution is 5.95. The number of hydrogen-bond acceptors (Lipinski definition) is 8. The van der Waals surface area contributed by atoms with E-state index < -0.39 is 0 Å². The number of amides is 1. The van der Waals surface area contributed by atoms with E-state index in [1.54, 1.807) is 4.90 Å². The molecular formula is C23H26N6O3. The summed E-state index contributed by atoms with van der Waals surface area (Å²) in [7, 11) is 0. The van der Waals surface area contributed by atoms with Crippen molar-refractivity contribution < 1.29 is 13.9 Å². The average Bonchev–Trinajstić information content (AvgIpc) is 3.70. The third kappa shape index (κ3) is 3.65. The first kappa shape index (κ1) is 19.5. The van der Waals surface area contributed by atoms with Crippen molar-refractivity contribution in [3.8, 4) is 5.88 Å². The molecule has 0 saturated heterocycles. The Hall–Kier alpha value is -3.23. The molecule has 0 unspecified atom stereocenters. The Bertz CT molecular complexity index is 1210. The van der Waals surface area contributed by atoms with Gasteiger partial charge in [0.2, 0.25) is 17.4 Å². The molecule has 6 rings (SSSR count). The molecule has 3 aliphatic rings. The minimum absolute atomic E-state index is 0.0185. The summed E-state index contributed by atoms with van der Waals surface area (Å²) in [5, 5.41) is 4.29. The fourth-order valence-corrected chi connectivity index (χ4v) is 4.08. The fourth-order valence-electron chi connectivity index (χ4n) is 4.08. The van der Waals surface area contributed by atoms with Crippen LogP contribution in [0.2, 0.25) is 0 Å². The van der Waals surface area contributed by atoms with Gasteiger partial charge in [-0.25, -0.2) is 15.0 Å². The number of nitrogens with zero attached hydrogens (tertiary/aromatic N) is 5. The summed E-state index contributed by atoms with van der Waals surface area (Å²) in [5.74, 6) is 2.62. The molecular weight excluding hydrogens is 408 g/mol. The van der Waals surface area contributed by atoms with E-state index in [4.69, 9.17) is 9.15 Å². The van der Waals surface area contributed by atoms with Crippen LogP contribution in [0.15, 0.2) is 16.8 Å². The van der Waals surface area contributed by atoms with E-state index in [-0.39, 0.29) is 17.3 Å². The van der Waals surface area contributed by atoms with Gasteiger partial charge in [-0.15, -0.1) is 0 Å². The topological polar surface area (TPSA) is 106 Å². The second-order valence-corrected chi connectivity index (χ2v) is 9.49. The van der Waals surface area contributed by atoms with Crippen LogP contribution in [0.1, 0.15) is 60.2 Å². The van der Waals surface area contributed by atoms with Gasteiger partial charge in [0, 0.05) is 17.6 Å². The second-order valence-electron chi connectivity index (χ2n) is 9.49. The standard InChI is InChI=1S/C23H26N6O3/c1-13-9-16-18(28-23(2)6-7-23)26-19(27-21(16)32-13)22(30)29-8-5-15-17(10-29)24-12-25-20(15)31-11-14-3-4-14/h9,12,14H,3-8,10-11H2,1-2H3,(H,26,27,28). The van der Waals surface area contributed by atoms with Crippen LogP contribution in [-0.2, 0) is 13.0 Å². The quantitative estimate of drug-likeness (QED) is 0.630. The molecule has 1 amide bonds. The molecule has 2 fully saturated rings. The van der Waals surface area contributed by atoms with E-state index in [1.165, 1.54) is 19.2 Å². The van der Waals surface area contributed by atoms with Gasteiger partial charge in [-0.3, -0.25) is 4.79 Å². The number of furan rings is 1. The lowest BCUT2D eigenvalue weighted by Gasteiger charge is -2.28. The van der Waals surface area contributed by atoms with Gasteiger partial charge in [0.1, 0.15) is 17.9 Å². The highest BCUT2D eigenvalue weighted by Crippen LogP contribution is 2.39. The van der Waals surface area contributed by atoms with E-state index in [0.717, 1.165) is 35.2 Å². The number of carbonyl (C=O) groups is 1. The first-order valence-corrected chi connectivity index (χ1v) is 11.3. The zero-order valence-electron chi connectivity index (χ0n) is 18.3. The number of nitrogens with one attached hydrogen (secondary N) is 1. The largest absolute Gasteiger partial charge is 0.477 e. The number of rotatable bonds is 6. The molecule has 0 radical (unpaired) electrons. The monoisotopic (exact) mass is 434 g/mol. The van der Waals surface area contributed by atoms with Crippen LogP contribution in [0, 0.1) is 12.8 Å². The Morgan fingerprint density at radius 1 is 1.31 bits per heavy atom. The molecule has 9 heteroatoms. The molecule has 4 heterocycles. The molecule has 2 aliphatic carbocycles. The van der Waals surface area contributed by atoms with Crippen LogP contribution < -0.4 is 10.1 Å². The molecule has 2 saturated carbocycles. The molecule has 0 atom stereocenters. The van der Waals surface area contributed by atoms with Crippen molar-refractivity contribution >= 4 is 22.8 Å². The van der Waals surface area contributed by atoms with Gasteiger partial charge >= 0.3 is 0 Å². The molecule has 3 aromatic rings. The Morgan fingerprint density at radius 2 is 2.16 bits per heavy atom. The van der Waals surface area contributed by atoms with E-state index in [9.17, 15) is 4.79 Å². The zero-order valence-corrected chi connectivity index (χ0v) is 18.3. The predicted molar refractivity (Wildman–Crippen MR) is 116 cm³/mol. The second kappa shape index (κ2) is 7.15. The lowest BCUT2D eigenvalue weighted by Crippen LogP contribution is -2.37. The summed E-state index contributed by atoms with van der Waals surface area (Å²) in [4.78, 5) is 32.9. The van der Waals surface area contributed by atoms with Gasteiger partial charge in [-0.1, -0.05) is 0 Å². The lowest BCUT2D eigenvalue weighted by atomic mass is 10.1. The van der Waals surface area contributed by atoms with Crippen molar-refractivity contribution in [2.75, 3.05) is 18.5 Å². The van der Waals surface area contributed by atoms with Gasteiger partial charge in [0.05, 0.1) is 24.2 Å². The summed E-state index contributed by atoms with van der Waals surface area (Å²) >= 11 is 0. The lowest BCUT2D eigenvalue weighted by molar-refractivity contribution is 0.0717. The molecule has 9 nitrogen and oxygen atoms in total. The molecule has 3 aromatic heterocycles. The molecule has 1 N–H and O–H groups in total. The minimum atomic E-state index is -0.227. The first-order valence-electron chi connectivity index (χ1n) is 11.3. The minimum Gasteiger partial charge on any atom is -0.477 e. The maximum Gasteiger partial charge on any atom is 0.292 e. The average molecular weight is 435 g/mol. The van der Waals surface area contributed by atoms with Crippen molar-refractivity contribution in [2.24, 2.45) is 5.92 Å². The van der Waals surface area contributed by atoms with Crippen molar-refractivity contribution in [1.82, 2.24) is 24.8 Å². The smallest absolute Gasteiger partial charge is 0.292 e. The summed E-state index contributed by atoms with van der Waals surface area (Å²) in [6.07, 6.45) is 6.77. The van der Waals surface area contributed by atoms with E-state index >= 15 is 0 Å². The number of aromatic nitrogens is 4. The predicted octanol–water partition coefficient (Wildman–Crippen LogP) is 3.27. The van der Waals surface area contributed by atoms with E-state index in [1.807, 2.05) is 13.0 Å². The van der Waals surface area contributed by atoms with E-state index in [0.29, 0.717) is 49.4 Å². The third-order valence-corrected chi connectivity index (χ3v) is 6.53. The van der Waals surface area contributed by atoms with Crippen molar-refractivity contribution in [1.29, 1.82) is 0 Å². The summed E-state index contributed by atoms with van der Waals surface area (Å²) in [6, 6.07) is 1.91. The van der Waals surface area contributed by atoms with Crippen LogP contribution in [0.4, 0.5) is 5.82 Å². The molecule has 32 heavy (non-hydrogen) atoms. The van der Waals surface area contributed by atoms with Gasteiger partial charge in [0.15, 0.2) is 0 Å². The molecule has 166 valence electrons. The highest BCUT2D eigenvalue weighted by atomic mass is 16.5. The number of fused-ring (bicyclic) bond motifs is 2. The van der Waals surface area contributed by atoms with Crippen molar-refractivity contribution in [2.45, 2.75) is 58.0 Å². The molecule has 1 aliphatic heterocycles. The van der Waals surface area contributed by atoms with Crippen LogP contribution in [0.5, 0.6) is 5.88 Å². The Morgan fingerprint density at radius 3 is 2.94 bits per heavy atom. The molecule has 0 bridgehead atoms. The third-order valence-electron chi connectivity index (χ3n) is 6.53. The highest BCUT2D eigenvalue weighted by Gasteiger charge is 2.38. The van der Waals surface area contributed by atoms with Crippen molar-refractivity contribution in [3.05, 3.63) is 35.2 Å². The Balaban J connectivity index is 1.26. The summed E-state index contributed by atoms with van der Waals surface area (Å²) < 4.78 is 11.7. The summed E-state index contributed by atoms with van der Waals surface area (Å²) in [5.41, 5.74) is 2.27. The van der Waals surface area contributed by atoms with Crippen LogP contribution >= 0.6 is 0 Å². The molecule has 0 aromatic carbocycles. The van der Waals surface area contributed by atoms with Gasteiger partial charge < -0.3 is 19.4 Å². The fraction of sp³-hybridized carbons (Fsp3) is 0.522. The molecule has 0 spiro atoms. The maximum atomic E-state index is 13.4. The van der Waals surface area contributed by atoms with Crippen LogP contribution in [0.3, 0.4) is 0 Å². The van der Waals surface area contributed by atoms with Crippen LogP contribution in [-0.4, -0.2) is 49.4 Å². The van der Waals surface area contributed by atoms with Gasteiger partial charge in [-0.2, -0.15) is 4.98 Å². The normalized spacial score (nSPS) is 19.0. The van der Waals surface area contributed by atoms with Crippen LogP contribution in [0.25, 0.3) is 11.1 Å². The Kier molecular flexibility index (Phi) is 4.34. The van der Waals surface area contributed by atoms with Gasteiger partial charge in [0.25, 0.3) is 5.91 Å². The number of aryl methyl sites for hydroxylation is 1. The summed E-state index contributed by atoms with van der Waals surface area (Å²) in [6.45, 7) is 5.65. The maximum absolute atomic E-state index is 13.4. The number of carbonyl (C=O) groups excluding carboxylic acids is 1.